The van der Waals surface area contributed by atoms with Crippen molar-refractivity contribution >= 4 is 29.4 Å². The first kappa shape index (κ1) is 16.9. The van der Waals surface area contributed by atoms with Gasteiger partial charge in [0.05, 0.1) is 18.1 Å². The zero-order chi connectivity index (χ0) is 15.8. The van der Waals surface area contributed by atoms with E-state index in [1.54, 1.807) is 30.6 Å². The first-order chi connectivity index (χ1) is 10.7. The summed E-state index contributed by atoms with van der Waals surface area (Å²) < 4.78 is 0.0925. The van der Waals surface area contributed by atoms with Crippen LogP contribution in [0.5, 0.6) is 0 Å². The lowest BCUT2D eigenvalue weighted by molar-refractivity contribution is -0.168. The van der Waals surface area contributed by atoms with Crippen LogP contribution in [0.1, 0.15) is 6.42 Å². The molecular weight excluding hydrogens is 314 g/mol. The summed E-state index contributed by atoms with van der Waals surface area (Å²) in [5.41, 5.74) is 0. The third-order valence-electron chi connectivity index (χ3n) is 2.99. The molecule has 0 saturated carbocycles. The molecule has 0 aliphatic carbocycles. The van der Waals surface area contributed by atoms with Gasteiger partial charge in [0.25, 0.3) is 0 Å². The van der Waals surface area contributed by atoms with Gasteiger partial charge < -0.3 is 0 Å². The first-order valence-corrected chi connectivity index (χ1v) is 8.69. The van der Waals surface area contributed by atoms with Crippen molar-refractivity contribution in [2.45, 2.75) is 20.8 Å². The van der Waals surface area contributed by atoms with Gasteiger partial charge in [0.1, 0.15) is 0 Å². The van der Waals surface area contributed by atoms with E-state index in [4.69, 9.17) is 4.84 Å². The van der Waals surface area contributed by atoms with Gasteiger partial charge in [0.2, 0.25) is 5.91 Å². The second-order valence-electron chi connectivity index (χ2n) is 4.57. The van der Waals surface area contributed by atoms with Crippen LogP contribution in [0, 0.1) is 0 Å². The summed E-state index contributed by atoms with van der Waals surface area (Å²) >= 11 is 3.40. The smallest absolute Gasteiger partial charge is 0.247 e. The predicted molar refractivity (Wildman–Crippen MR) is 92.8 cm³/mol. The van der Waals surface area contributed by atoms with Gasteiger partial charge in [-0.2, -0.15) is 0 Å². The molecule has 3 nitrogen and oxygen atoms in total. The number of benzene rings is 2. The molecule has 0 N–H and O–H groups in total. The van der Waals surface area contributed by atoms with Gasteiger partial charge in [-0.25, -0.2) is 5.06 Å². The quantitative estimate of drug-likeness (QED) is 0.429. The van der Waals surface area contributed by atoms with Crippen molar-refractivity contribution in [1.82, 2.24) is 5.06 Å². The number of amides is 1. The van der Waals surface area contributed by atoms with E-state index < -0.39 is 0 Å². The van der Waals surface area contributed by atoms with E-state index in [2.05, 4.69) is 24.3 Å². The van der Waals surface area contributed by atoms with Crippen molar-refractivity contribution in [3.63, 3.8) is 0 Å². The molecule has 0 heterocycles. The van der Waals surface area contributed by atoms with E-state index >= 15 is 0 Å². The fraction of sp³-hybridized carbons (Fsp3) is 0.235. The third kappa shape index (κ3) is 5.40. The molecule has 0 unspecified atom stereocenters. The molecule has 0 spiro atoms. The molecule has 0 radical (unpaired) electrons. The Kier molecular flexibility index (Phi) is 6.83. The fourth-order valence-corrected chi connectivity index (χ4v) is 4.33. The zero-order valence-electron chi connectivity index (χ0n) is 12.6. The molecule has 0 aliphatic heterocycles. The Balaban J connectivity index is 2.08. The Bertz CT molecular complexity index is 536. The number of thioether (sulfide) groups is 2. The number of carbonyl (C=O) groups is 1. The second kappa shape index (κ2) is 8.88. The Morgan fingerprint density at radius 3 is 1.86 bits per heavy atom. The molecule has 0 atom stereocenters. The summed E-state index contributed by atoms with van der Waals surface area (Å²) in [6, 6.07) is 20.3. The molecule has 116 valence electrons. The molecule has 5 heteroatoms. The standard InChI is InChI=1S/C17H19NO2S2/c1-18(20-2)16(19)13-17(21-14-9-5-3-6-10-14)22-15-11-7-4-8-12-15/h3-12,17H,13H2,1-2H3. The molecule has 0 bridgehead atoms. The lowest BCUT2D eigenvalue weighted by atomic mass is 10.4. The van der Waals surface area contributed by atoms with Crippen LogP contribution in [0.25, 0.3) is 0 Å². The monoisotopic (exact) mass is 333 g/mol. The lowest BCUT2D eigenvalue weighted by Gasteiger charge is -2.19. The molecule has 2 aromatic rings. The summed E-state index contributed by atoms with van der Waals surface area (Å²) in [5, 5.41) is 1.28. The highest BCUT2D eigenvalue weighted by Crippen LogP contribution is 2.37. The maximum Gasteiger partial charge on any atom is 0.247 e. The molecule has 0 saturated heterocycles. The highest BCUT2D eigenvalue weighted by Gasteiger charge is 2.19. The minimum atomic E-state index is -0.0284. The van der Waals surface area contributed by atoms with Crippen LogP contribution in [0.2, 0.25) is 0 Å². The maximum atomic E-state index is 12.1. The van der Waals surface area contributed by atoms with Crippen LogP contribution in [-0.2, 0) is 9.63 Å². The lowest BCUT2D eigenvalue weighted by Crippen LogP contribution is -2.27. The molecule has 0 fully saturated rings. The average Bonchev–Trinajstić information content (AvgIpc) is 2.55. The minimum absolute atomic E-state index is 0.0284. The van der Waals surface area contributed by atoms with Gasteiger partial charge >= 0.3 is 0 Å². The van der Waals surface area contributed by atoms with Crippen molar-refractivity contribution in [2.24, 2.45) is 0 Å². The maximum absolute atomic E-state index is 12.1. The topological polar surface area (TPSA) is 29.5 Å². The molecule has 2 aromatic carbocycles. The van der Waals surface area contributed by atoms with Crippen molar-refractivity contribution < 1.29 is 9.63 Å². The number of hydrogen-bond donors (Lipinski definition) is 0. The van der Waals surface area contributed by atoms with E-state index in [1.807, 2.05) is 36.4 Å². The van der Waals surface area contributed by atoms with Gasteiger partial charge in [-0.3, -0.25) is 9.63 Å². The zero-order valence-corrected chi connectivity index (χ0v) is 14.3. The highest BCUT2D eigenvalue weighted by atomic mass is 32.2. The summed E-state index contributed by atoms with van der Waals surface area (Å²) in [6.45, 7) is 0. The van der Waals surface area contributed by atoms with Crippen LogP contribution in [0.15, 0.2) is 70.5 Å². The van der Waals surface area contributed by atoms with Crippen molar-refractivity contribution in [3.05, 3.63) is 60.7 Å². The summed E-state index contributed by atoms with van der Waals surface area (Å²) in [4.78, 5) is 19.4. The Morgan fingerprint density at radius 1 is 1.00 bits per heavy atom. The van der Waals surface area contributed by atoms with E-state index in [9.17, 15) is 4.79 Å². The normalized spacial score (nSPS) is 10.7. The second-order valence-corrected chi connectivity index (χ2v) is 7.42. The Labute approximate surface area is 140 Å². The minimum Gasteiger partial charge on any atom is -0.275 e. The Morgan fingerprint density at radius 2 is 1.45 bits per heavy atom. The summed E-state index contributed by atoms with van der Waals surface area (Å²) in [5.74, 6) is -0.0284. The van der Waals surface area contributed by atoms with Gasteiger partial charge in [-0.15, -0.1) is 23.5 Å². The highest BCUT2D eigenvalue weighted by molar-refractivity contribution is 8.17. The van der Waals surface area contributed by atoms with Gasteiger partial charge in [-0.05, 0) is 24.3 Å². The predicted octanol–water partition coefficient (Wildman–Crippen LogP) is 4.31. The summed E-state index contributed by atoms with van der Waals surface area (Å²) in [6.07, 6.45) is 0.406. The molecule has 2 rings (SSSR count). The average molecular weight is 333 g/mol. The van der Waals surface area contributed by atoms with Gasteiger partial charge in [0.15, 0.2) is 0 Å². The van der Waals surface area contributed by atoms with Crippen LogP contribution in [0.4, 0.5) is 0 Å². The molecule has 0 aromatic heterocycles. The van der Waals surface area contributed by atoms with Crippen molar-refractivity contribution in [2.75, 3.05) is 14.2 Å². The van der Waals surface area contributed by atoms with E-state index in [0.717, 1.165) is 9.79 Å². The van der Waals surface area contributed by atoms with Crippen LogP contribution in [-0.4, -0.2) is 29.7 Å². The van der Waals surface area contributed by atoms with Crippen molar-refractivity contribution in [3.8, 4) is 0 Å². The SMILES string of the molecule is CON(C)C(=O)CC(Sc1ccccc1)Sc1ccccc1. The van der Waals surface area contributed by atoms with E-state index in [1.165, 1.54) is 12.2 Å². The molecule has 22 heavy (non-hydrogen) atoms. The van der Waals surface area contributed by atoms with Crippen molar-refractivity contribution in [1.29, 1.82) is 0 Å². The first-order valence-electron chi connectivity index (χ1n) is 6.93. The van der Waals surface area contributed by atoms with E-state index in [-0.39, 0.29) is 10.5 Å². The summed E-state index contributed by atoms with van der Waals surface area (Å²) in [7, 11) is 3.14. The fourth-order valence-electron chi connectivity index (χ4n) is 1.78. The van der Waals surface area contributed by atoms with Crippen LogP contribution in [0.3, 0.4) is 0 Å². The number of carbonyl (C=O) groups excluding carboxylic acids is 1. The molecular formula is C17H19NO2S2. The number of hydroxylamine groups is 2. The number of nitrogens with zero attached hydrogens (tertiary/aromatic N) is 1. The van der Waals surface area contributed by atoms with Gasteiger partial charge in [-0.1, -0.05) is 36.4 Å². The molecule has 0 aliphatic rings. The van der Waals surface area contributed by atoms with E-state index in [0.29, 0.717) is 6.42 Å². The Hall–Kier alpha value is -1.43. The van der Waals surface area contributed by atoms with Crippen LogP contribution < -0.4 is 0 Å². The van der Waals surface area contributed by atoms with Gasteiger partial charge in [0, 0.05) is 16.8 Å². The number of rotatable bonds is 7. The largest absolute Gasteiger partial charge is 0.275 e. The van der Waals surface area contributed by atoms with Crippen LogP contribution >= 0.6 is 23.5 Å². The number of hydrogen-bond acceptors (Lipinski definition) is 4. The molecule has 1 amide bonds. The third-order valence-corrected chi connectivity index (χ3v) is 5.51.